The van der Waals surface area contributed by atoms with Gasteiger partial charge in [0.15, 0.2) is 0 Å². The molecule has 0 spiro atoms. The molecule has 5 heteroatoms. The van der Waals surface area contributed by atoms with Gasteiger partial charge in [-0.3, -0.25) is 9.55 Å². The van der Waals surface area contributed by atoms with Gasteiger partial charge >= 0.3 is 0 Å². The number of phenolic OH excluding ortho intramolecular Hbond substituents is 1. The summed E-state index contributed by atoms with van der Waals surface area (Å²) in [5.74, 6) is 0.164. The third kappa shape index (κ3) is 9.22. The van der Waals surface area contributed by atoms with Crippen LogP contribution >= 0.6 is 0 Å². The maximum atomic E-state index is 11.5. The van der Waals surface area contributed by atoms with E-state index in [9.17, 15) is 5.11 Å². The monoisotopic (exact) mass is 1060 g/mol. The molecule has 0 aliphatic carbocycles. The third-order valence-corrected chi connectivity index (χ3v) is 11.7. The van der Waals surface area contributed by atoms with E-state index in [2.05, 4.69) is 70.8 Å². The minimum Gasteiger partial charge on any atom is -0.507 e. The van der Waals surface area contributed by atoms with Crippen LogP contribution < -0.4 is 0 Å². The molecular weight excluding hydrogens is 986 g/mol. The molecular formula is C61H58N3OPt-. The van der Waals surface area contributed by atoms with Crippen LogP contribution in [-0.2, 0) is 37.3 Å². The van der Waals surface area contributed by atoms with Gasteiger partial charge in [-0.25, -0.2) is 4.98 Å². The summed E-state index contributed by atoms with van der Waals surface area (Å²) < 4.78 is 139. The molecule has 0 amide bonds. The summed E-state index contributed by atoms with van der Waals surface area (Å²) in [6.45, 7) is -1.29. The molecule has 0 atom stereocenters. The van der Waals surface area contributed by atoms with Crippen LogP contribution in [0.5, 0.6) is 5.75 Å². The Morgan fingerprint density at radius 2 is 1.21 bits per heavy atom. The molecule has 0 unspecified atom stereocenters. The molecule has 0 saturated carbocycles. The zero-order valence-electron chi connectivity index (χ0n) is 53.4. The van der Waals surface area contributed by atoms with Crippen LogP contribution in [0.3, 0.4) is 0 Å². The van der Waals surface area contributed by atoms with E-state index in [0.29, 0.717) is 50.1 Å². The molecule has 9 rings (SSSR count). The van der Waals surface area contributed by atoms with Gasteiger partial charge in [0.25, 0.3) is 0 Å². The number of imidazole rings is 1. The Balaban J connectivity index is 0.00000880. The molecule has 2 heterocycles. The van der Waals surface area contributed by atoms with Gasteiger partial charge in [-0.05, 0) is 110 Å². The van der Waals surface area contributed by atoms with Crippen molar-refractivity contribution >= 4 is 11.0 Å². The Bertz CT molecular complexity index is 3830. The van der Waals surface area contributed by atoms with Crippen molar-refractivity contribution in [3.05, 3.63) is 192 Å². The topological polar surface area (TPSA) is 50.9 Å². The van der Waals surface area contributed by atoms with Gasteiger partial charge < -0.3 is 5.11 Å². The molecule has 334 valence electrons. The average Bonchev–Trinajstić information content (AvgIpc) is 3.81. The Morgan fingerprint density at radius 3 is 1.89 bits per heavy atom. The normalized spacial score (nSPS) is 16.3. The quantitative estimate of drug-likeness (QED) is 0.162. The van der Waals surface area contributed by atoms with Crippen molar-refractivity contribution in [3.63, 3.8) is 0 Å². The number of hydrogen-bond donors (Lipinski definition) is 1. The number of para-hydroxylation sites is 2. The number of pyridine rings is 1. The van der Waals surface area contributed by atoms with E-state index in [1.54, 1.807) is 34.9 Å². The molecule has 9 aromatic rings. The van der Waals surface area contributed by atoms with Crippen molar-refractivity contribution in [2.45, 2.75) is 85.2 Å². The first-order valence-electron chi connectivity index (χ1n) is 29.4. The fourth-order valence-corrected chi connectivity index (χ4v) is 8.00. The van der Waals surface area contributed by atoms with Crippen molar-refractivity contribution < 1.29 is 48.1 Å². The van der Waals surface area contributed by atoms with Crippen molar-refractivity contribution in [2.75, 3.05) is 0 Å². The fraction of sp³-hybridized carbons (Fsp3) is 0.213. The Kier molecular flexibility index (Phi) is 8.10. The largest absolute Gasteiger partial charge is 0.507 e. The maximum absolute atomic E-state index is 11.5. The zero-order chi connectivity index (χ0) is 59.3. The van der Waals surface area contributed by atoms with Crippen LogP contribution in [0.2, 0.25) is 0 Å². The maximum Gasteiger partial charge on any atom is 0.148 e. The molecule has 0 radical (unpaired) electrons. The van der Waals surface area contributed by atoms with Crippen LogP contribution in [-0.4, -0.2) is 19.6 Å². The molecule has 1 N–H and O–H groups in total. The van der Waals surface area contributed by atoms with Crippen LogP contribution in [0, 0.1) is 12.9 Å². The molecule has 0 aliphatic rings. The number of aromatic nitrogens is 3. The summed E-state index contributed by atoms with van der Waals surface area (Å²) in [6.07, 6.45) is 1.37. The van der Waals surface area contributed by atoms with Crippen molar-refractivity contribution in [3.8, 4) is 78.6 Å². The van der Waals surface area contributed by atoms with E-state index in [4.69, 9.17) is 26.9 Å². The second kappa shape index (κ2) is 17.8. The molecule has 66 heavy (non-hydrogen) atoms. The predicted molar refractivity (Wildman–Crippen MR) is 273 cm³/mol. The van der Waals surface area contributed by atoms with Gasteiger partial charge in [-0.1, -0.05) is 188 Å². The number of nitrogens with zero attached hydrogens (tertiary/aromatic N) is 3. The number of aryl methyl sites for hydroxylation is 1. The zero-order valence-corrected chi connectivity index (χ0v) is 39.7. The molecule has 0 fully saturated rings. The summed E-state index contributed by atoms with van der Waals surface area (Å²) in [4.78, 5) is 9.90. The second-order valence-corrected chi connectivity index (χ2v) is 18.5. The smallest absolute Gasteiger partial charge is 0.148 e. The summed E-state index contributed by atoms with van der Waals surface area (Å²) in [6, 6.07) is 39.5. The van der Waals surface area contributed by atoms with Gasteiger partial charge in [0.05, 0.1) is 27.8 Å². The first kappa shape index (κ1) is 30.0. The number of phenols is 1. The number of fused-ring (bicyclic) bond motifs is 1. The minimum atomic E-state index is -3.84. The first-order valence-corrected chi connectivity index (χ1v) is 21.4. The molecule has 2 aromatic heterocycles. The molecule has 7 aromatic carbocycles. The van der Waals surface area contributed by atoms with Gasteiger partial charge in [-0.15, -0.1) is 23.8 Å². The van der Waals surface area contributed by atoms with Crippen LogP contribution in [0.15, 0.2) is 164 Å². The van der Waals surface area contributed by atoms with Crippen molar-refractivity contribution in [1.82, 2.24) is 14.5 Å². The number of aromatic hydroxyl groups is 1. The summed E-state index contributed by atoms with van der Waals surface area (Å²) in [7, 11) is 0. The molecule has 0 saturated heterocycles. The Hall–Kier alpha value is -6.35. The molecule has 0 bridgehead atoms. The predicted octanol–water partition coefficient (Wildman–Crippen LogP) is 16.1. The minimum absolute atomic E-state index is 0. The fourth-order valence-electron chi connectivity index (χ4n) is 8.00. The van der Waals surface area contributed by atoms with Gasteiger partial charge in [0.2, 0.25) is 0 Å². The van der Waals surface area contributed by atoms with Gasteiger partial charge in [-0.2, -0.15) is 0 Å². The van der Waals surface area contributed by atoms with Gasteiger partial charge in [0, 0.05) is 49.4 Å². The number of hydrogen-bond acceptors (Lipinski definition) is 3. The van der Waals surface area contributed by atoms with Crippen molar-refractivity contribution in [2.24, 2.45) is 0 Å². The van der Waals surface area contributed by atoms with E-state index in [1.807, 2.05) is 66.7 Å². The average molecular weight is 1060 g/mol. The van der Waals surface area contributed by atoms with E-state index >= 15 is 0 Å². The van der Waals surface area contributed by atoms with E-state index in [-0.39, 0.29) is 65.9 Å². The first-order chi connectivity index (χ1) is 37.6. The standard InChI is InChI=1S/C61H58N3O.Pt/c1-39-31-42(45-35-49(60(5,6)7)38-50(36-45)61(8,9)10)25-28-54(39)64-55-21-16-20-51(57(55)63-58(64)52-19-14-15-22-56(52)65)46-32-44(40-17-12-11-13-18-40)33-47(34-46)53-37-43(29-30-62-53)41-23-26-48(27-24-41)59(2,3)4;/h11-33,35-38,65H,1-10H3;/q-1;/i1D3,2D3,3D3,4D3,23D,24D,26D,27D;. The van der Waals surface area contributed by atoms with E-state index in [0.717, 1.165) is 22.3 Å². The summed E-state index contributed by atoms with van der Waals surface area (Å²) >= 11 is 0. The SMILES string of the molecule is [2H]c1c([2H])c(C(C([2H])([2H])[2H])(C([2H])([2H])[2H])C([2H])([2H])[2H])c([2H])c([2H])c1-c1ccnc(-c2[c-]c(-c3cccc4c3nc(-c3ccccc3O)n4-c3ccc(-c4cc(C(C)(C)C)cc(C(C)(C)C)c4)cc3C([2H])([2H])[2H])cc(-c3ccccc3)c2)c1.[Pt]. The second-order valence-electron chi connectivity index (χ2n) is 18.5. The van der Waals surface area contributed by atoms with E-state index < -0.39 is 62.6 Å². The van der Waals surface area contributed by atoms with Crippen LogP contribution in [0.4, 0.5) is 0 Å². The molecule has 0 aliphatic heterocycles. The molecule has 4 nitrogen and oxygen atoms in total. The van der Waals surface area contributed by atoms with Gasteiger partial charge in [0.1, 0.15) is 11.6 Å². The van der Waals surface area contributed by atoms with Crippen LogP contribution in [0.1, 0.15) is 106 Å². The number of benzene rings is 7. The third-order valence-electron chi connectivity index (χ3n) is 11.7. The summed E-state index contributed by atoms with van der Waals surface area (Å²) in [5.41, 5.74) is 2.78. The Labute approximate surface area is 428 Å². The van der Waals surface area contributed by atoms with Crippen molar-refractivity contribution in [1.29, 1.82) is 0 Å². The number of rotatable bonds is 7. The summed E-state index contributed by atoms with van der Waals surface area (Å²) in [5, 5.41) is 11.5. The van der Waals surface area contributed by atoms with Crippen LogP contribution in [0.25, 0.3) is 83.9 Å². The van der Waals surface area contributed by atoms with E-state index in [1.165, 1.54) is 24.4 Å². The Morgan fingerprint density at radius 1 is 0.561 bits per heavy atom.